The first-order valence-corrected chi connectivity index (χ1v) is 9.63. The van der Waals surface area contributed by atoms with E-state index in [-0.39, 0.29) is 5.82 Å². The maximum Gasteiger partial charge on any atom is 0.414 e. The van der Waals surface area contributed by atoms with Crippen molar-refractivity contribution in [3.63, 3.8) is 0 Å². The fourth-order valence-corrected chi connectivity index (χ4v) is 3.80. The predicted octanol–water partition coefficient (Wildman–Crippen LogP) is 2.82. The molecule has 2 N–H and O–H groups in total. The summed E-state index contributed by atoms with van der Waals surface area (Å²) < 4.78 is 13.2. The lowest BCUT2D eigenvalue weighted by atomic mass is 10.0. The molecule has 0 unspecified atom stereocenters. The molecule has 2 aliphatic rings. The highest BCUT2D eigenvalue weighted by Crippen LogP contribution is 2.21. The van der Waals surface area contributed by atoms with Gasteiger partial charge >= 0.3 is 11.9 Å². The smallest absolute Gasteiger partial charge is 0.414 e. The summed E-state index contributed by atoms with van der Waals surface area (Å²) >= 11 is 0. The Kier molecular flexibility index (Phi) is 8.67. The highest BCUT2D eigenvalue weighted by Gasteiger charge is 2.24. The first kappa shape index (κ1) is 21.3. The summed E-state index contributed by atoms with van der Waals surface area (Å²) in [7, 11) is 0. The molecule has 0 spiro atoms. The lowest BCUT2D eigenvalue weighted by Crippen LogP contribution is -2.45. The molecule has 0 amide bonds. The Balaban J connectivity index is 0.000000380. The number of hydrogen-bond donors (Lipinski definition) is 2. The van der Waals surface area contributed by atoms with Crippen LogP contribution in [0.2, 0.25) is 0 Å². The van der Waals surface area contributed by atoms with Gasteiger partial charge in [-0.25, -0.2) is 14.0 Å². The topological polar surface area (TPSA) is 81.1 Å². The van der Waals surface area contributed by atoms with Crippen molar-refractivity contribution in [1.29, 1.82) is 0 Å². The fourth-order valence-electron chi connectivity index (χ4n) is 3.80. The van der Waals surface area contributed by atoms with Crippen LogP contribution in [0.4, 0.5) is 4.39 Å². The number of halogens is 1. The van der Waals surface area contributed by atoms with Crippen LogP contribution in [0.1, 0.15) is 44.1 Å². The molecule has 0 saturated carbocycles. The molecule has 7 heteroatoms. The molecule has 2 saturated heterocycles. The average molecular weight is 380 g/mol. The molecule has 2 fully saturated rings. The molecule has 1 aromatic rings. The number of carbonyl (C=O) groups is 2. The van der Waals surface area contributed by atoms with Gasteiger partial charge in [0.25, 0.3) is 0 Å². The normalized spacial score (nSPS) is 19.6. The first-order chi connectivity index (χ1) is 13.0. The molecular weight excluding hydrogens is 351 g/mol. The van der Waals surface area contributed by atoms with E-state index in [1.165, 1.54) is 57.7 Å². The Morgan fingerprint density at radius 3 is 2.07 bits per heavy atom. The number of benzene rings is 1. The monoisotopic (exact) mass is 380 g/mol. The second kappa shape index (κ2) is 11.0. The number of hydrogen-bond acceptors (Lipinski definition) is 4. The van der Waals surface area contributed by atoms with Crippen LogP contribution in [-0.4, -0.2) is 64.2 Å². The molecule has 1 aromatic carbocycles. The summed E-state index contributed by atoms with van der Waals surface area (Å²) in [5.41, 5.74) is 1.10. The molecule has 0 bridgehead atoms. The predicted molar refractivity (Wildman–Crippen MR) is 100 cm³/mol. The number of rotatable bonds is 3. The zero-order chi connectivity index (χ0) is 19.6. The largest absolute Gasteiger partial charge is 0.473 e. The van der Waals surface area contributed by atoms with Crippen LogP contribution in [-0.2, 0) is 16.1 Å². The van der Waals surface area contributed by atoms with Crippen LogP contribution >= 0.6 is 0 Å². The van der Waals surface area contributed by atoms with Crippen LogP contribution in [0, 0.1) is 5.82 Å². The standard InChI is InChI=1S/C18H27FN2.C2H2O4/c19-17-7-5-6-16(14-17)15-20-12-8-18(9-13-20)21-10-3-1-2-4-11-21;3-1(4)2(5)6/h5-7,14,18H,1-4,8-13,15H2;(H,3,4)(H,5,6). The van der Waals surface area contributed by atoms with Gasteiger partial charge < -0.3 is 15.1 Å². The highest BCUT2D eigenvalue weighted by atomic mass is 19.1. The van der Waals surface area contributed by atoms with E-state index in [4.69, 9.17) is 19.8 Å². The van der Waals surface area contributed by atoms with Crippen molar-refractivity contribution < 1.29 is 24.2 Å². The molecular formula is C20H29FN2O4. The van der Waals surface area contributed by atoms with Crippen molar-refractivity contribution in [2.75, 3.05) is 26.2 Å². The summed E-state index contributed by atoms with van der Waals surface area (Å²) in [6.45, 7) is 5.79. The molecule has 2 heterocycles. The first-order valence-electron chi connectivity index (χ1n) is 9.63. The van der Waals surface area contributed by atoms with Crippen molar-refractivity contribution in [3.8, 4) is 0 Å². The van der Waals surface area contributed by atoms with Crippen molar-refractivity contribution in [3.05, 3.63) is 35.6 Å². The summed E-state index contributed by atoms with van der Waals surface area (Å²) in [5, 5.41) is 14.8. The molecule has 150 valence electrons. The summed E-state index contributed by atoms with van der Waals surface area (Å²) in [4.78, 5) is 23.4. The number of carboxylic acid groups (broad SMARTS) is 2. The highest BCUT2D eigenvalue weighted by molar-refractivity contribution is 6.27. The minimum atomic E-state index is -1.82. The zero-order valence-electron chi connectivity index (χ0n) is 15.6. The Morgan fingerprint density at radius 1 is 0.963 bits per heavy atom. The van der Waals surface area contributed by atoms with Gasteiger partial charge in [0, 0.05) is 12.6 Å². The van der Waals surface area contributed by atoms with Gasteiger partial charge in [0.15, 0.2) is 0 Å². The van der Waals surface area contributed by atoms with Crippen LogP contribution in [0.15, 0.2) is 24.3 Å². The molecule has 0 radical (unpaired) electrons. The van der Waals surface area contributed by atoms with Gasteiger partial charge in [0.05, 0.1) is 0 Å². The number of carboxylic acids is 2. The van der Waals surface area contributed by atoms with Gasteiger partial charge in [-0.2, -0.15) is 0 Å². The third-order valence-corrected chi connectivity index (χ3v) is 5.19. The molecule has 0 aliphatic carbocycles. The van der Waals surface area contributed by atoms with Crippen LogP contribution in [0.5, 0.6) is 0 Å². The lowest BCUT2D eigenvalue weighted by Gasteiger charge is -2.38. The zero-order valence-corrected chi connectivity index (χ0v) is 15.6. The molecule has 27 heavy (non-hydrogen) atoms. The number of nitrogens with zero attached hydrogens (tertiary/aromatic N) is 2. The quantitative estimate of drug-likeness (QED) is 0.785. The molecule has 2 aliphatic heterocycles. The molecule has 0 aromatic heterocycles. The second-order valence-corrected chi connectivity index (χ2v) is 7.20. The number of piperidine rings is 1. The van der Waals surface area contributed by atoms with Crippen LogP contribution in [0.25, 0.3) is 0 Å². The van der Waals surface area contributed by atoms with E-state index in [1.807, 2.05) is 12.1 Å². The third kappa shape index (κ3) is 7.64. The van der Waals surface area contributed by atoms with E-state index in [9.17, 15) is 4.39 Å². The average Bonchev–Trinajstić information content (AvgIpc) is 2.92. The van der Waals surface area contributed by atoms with Crippen molar-refractivity contribution in [2.45, 2.75) is 51.1 Å². The van der Waals surface area contributed by atoms with Gasteiger partial charge in [0.1, 0.15) is 5.82 Å². The molecule has 0 atom stereocenters. The Hall–Kier alpha value is -1.99. The molecule has 6 nitrogen and oxygen atoms in total. The Bertz CT molecular complexity index is 598. The van der Waals surface area contributed by atoms with Crippen molar-refractivity contribution >= 4 is 11.9 Å². The SMILES string of the molecule is Fc1cccc(CN2CCC(N3CCCCCC3)CC2)c1.O=C(O)C(=O)O. The van der Waals surface area contributed by atoms with Gasteiger partial charge in [-0.3, -0.25) is 4.90 Å². The van der Waals surface area contributed by atoms with Gasteiger partial charge in [0.2, 0.25) is 0 Å². The van der Waals surface area contributed by atoms with Gasteiger partial charge in [-0.1, -0.05) is 25.0 Å². The van der Waals surface area contributed by atoms with Crippen molar-refractivity contribution in [1.82, 2.24) is 9.80 Å². The van der Waals surface area contributed by atoms with E-state index < -0.39 is 11.9 Å². The lowest BCUT2D eigenvalue weighted by molar-refractivity contribution is -0.159. The maximum absolute atomic E-state index is 13.2. The summed E-state index contributed by atoms with van der Waals surface area (Å²) in [6.07, 6.45) is 8.13. The van der Waals surface area contributed by atoms with E-state index >= 15 is 0 Å². The third-order valence-electron chi connectivity index (χ3n) is 5.19. The van der Waals surface area contributed by atoms with Crippen molar-refractivity contribution in [2.24, 2.45) is 0 Å². The minimum Gasteiger partial charge on any atom is -0.473 e. The fraction of sp³-hybridized carbons (Fsp3) is 0.600. The Morgan fingerprint density at radius 2 is 1.56 bits per heavy atom. The van der Waals surface area contributed by atoms with E-state index in [1.54, 1.807) is 6.07 Å². The van der Waals surface area contributed by atoms with E-state index in [0.717, 1.165) is 31.2 Å². The summed E-state index contributed by atoms with van der Waals surface area (Å²) in [5.74, 6) is -3.77. The summed E-state index contributed by atoms with van der Waals surface area (Å²) in [6, 6.07) is 7.82. The Labute approximate surface area is 159 Å². The van der Waals surface area contributed by atoms with E-state index in [0.29, 0.717) is 0 Å². The minimum absolute atomic E-state index is 0.119. The van der Waals surface area contributed by atoms with Crippen LogP contribution < -0.4 is 0 Å². The van der Waals surface area contributed by atoms with Crippen LogP contribution in [0.3, 0.4) is 0 Å². The van der Waals surface area contributed by atoms with Gasteiger partial charge in [-0.05, 0) is 69.6 Å². The number of aliphatic carboxylic acids is 2. The maximum atomic E-state index is 13.2. The molecule has 3 rings (SSSR count). The van der Waals surface area contributed by atoms with E-state index in [2.05, 4.69) is 9.80 Å². The van der Waals surface area contributed by atoms with Gasteiger partial charge in [-0.15, -0.1) is 0 Å². The second-order valence-electron chi connectivity index (χ2n) is 7.20. The number of likely N-dealkylation sites (tertiary alicyclic amines) is 2.